The second kappa shape index (κ2) is 9.00. The Bertz CT molecular complexity index is 942. The van der Waals surface area contributed by atoms with Gasteiger partial charge >= 0.3 is 0 Å². The molecule has 1 saturated heterocycles. The van der Waals surface area contributed by atoms with E-state index in [4.69, 9.17) is 0 Å². The number of imidazole rings is 1. The number of carbonyl (C=O) groups is 1. The second-order valence-electron chi connectivity index (χ2n) is 6.92. The highest BCUT2D eigenvalue weighted by Crippen LogP contribution is 2.27. The summed E-state index contributed by atoms with van der Waals surface area (Å²) in [6.07, 6.45) is 3.15. The molecule has 1 aliphatic rings. The first-order valence-electron chi connectivity index (χ1n) is 9.21. The molecule has 0 unspecified atom stereocenters. The van der Waals surface area contributed by atoms with Gasteiger partial charge in [0, 0.05) is 24.1 Å². The average molecular weight is 486 g/mol. The predicted molar refractivity (Wildman–Crippen MR) is 116 cm³/mol. The third-order valence-electron chi connectivity index (χ3n) is 4.84. The van der Waals surface area contributed by atoms with Gasteiger partial charge in [-0.15, -0.1) is 0 Å². The second-order valence-corrected chi connectivity index (χ2v) is 11.0. The molecule has 0 spiro atoms. The van der Waals surface area contributed by atoms with Crippen LogP contribution < -0.4 is 0 Å². The number of sulfone groups is 1. The van der Waals surface area contributed by atoms with Crippen LogP contribution in [0.2, 0.25) is 0 Å². The molecule has 1 aliphatic heterocycles. The van der Waals surface area contributed by atoms with Crippen LogP contribution in [0.3, 0.4) is 0 Å². The van der Waals surface area contributed by atoms with Gasteiger partial charge in [-0.1, -0.05) is 46.7 Å². The van der Waals surface area contributed by atoms with Crippen molar-refractivity contribution in [1.29, 1.82) is 0 Å². The van der Waals surface area contributed by atoms with Gasteiger partial charge in [0.05, 0.1) is 29.1 Å². The Hall–Kier alpha value is -1.32. The van der Waals surface area contributed by atoms with Crippen molar-refractivity contribution in [2.45, 2.75) is 31.0 Å². The summed E-state index contributed by atoms with van der Waals surface area (Å²) in [6.45, 7) is 2.59. The first-order valence-corrected chi connectivity index (χ1v) is 12.8. The van der Waals surface area contributed by atoms with E-state index in [1.54, 1.807) is 4.90 Å². The van der Waals surface area contributed by atoms with E-state index in [2.05, 4.69) is 20.9 Å². The molecule has 0 aliphatic carbocycles. The number of nitrogens with zero attached hydrogens (tertiary/aromatic N) is 3. The number of hydrogen-bond acceptors (Lipinski definition) is 5. The van der Waals surface area contributed by atoms with Crippen LogP contribution in [-0.2, 0) is 21.7 Å². The SMILES string of the molecule is CCCN(C(=O)CSc1ncc(-c2ccc(Br)cc2)n1C)[C@H]1CCS(=O)(=O)C1. The van der Waals surface area contributed by atoms with E-state index in [1.165, 1.54) is 11.8 Å². The topological polar surface area (TPSA) is 72.3 Å². The summed E-state index contributed by atoms with van der Waals surface area (Å²) in [5, 5.41) is 0.766. The Morgan fingerprint density at radius 1 is 1.36 bits per heavy atom. The molecule has 0 N–H and O–H groups in total. The number of benzene rings is 1. The van der Waals surface area contributed by atoms with Crippen molar-refractivity contribution in [3.8, 4) is 11.3 Å². The summed E-state index contributed by atoms with van der Waals surface area (Å²) >= 11 is 4.83. The fourth-order valence-electron chi connectivity index (χ4n) is 3.40. The summed E-state index contributed by atoms with van der Waals surface area (Å²) < 4.78 is 26.6. The zero-order valence-electron chi connectivity index (χ0n) is 16.0. The first-order chi connectivity index (χ1) is 13.3. The average Bonchev–Trinajstić information content (AvgIpc) is 3.20. The molecule has 0 bridgehead atoms. The van der Waals surface area contributed by atoms with E-state index in [9.17, 15) is 13.2 Å². The number of amides is 1. The fraction of sp³-hybridized carbons (Fsp3) is 0.474. The van der Waals surface area contributed by atoms with Crippen molar-refractivity contribution >= 4 is 43.4 Å². The number of aromatic nitrogens is 2. The quantitative estimate of drug-likeness (QED) is 0.562. The van der Waals surface area contributed by atoms with Crippen molar-refractivity contribution in [1.82, 2.24) is 14.5 Å². The zero-order chi connectivity index (χ0) is 20.3. The van der Waals surface area contributed by atoms with Crippen molar-refractivity contribution in [2.75, 3.05) is 23.8 Å². The molecule has 1 atom stereocenters. The Morgan fingerprint density at radius 2 is 2.07 bits per heavy atom. The van der Waals surface area contributed by atoms with Gasteiger partial charge in [-0.2, -0.15) is 0 Å². The minimum atomic E-state index is -3.02. The van der Waals surface area contributed by atoms with E-state index >= 15 is 0 Å². The molecule has 152 valence electrons. The smallest absolute Gasteiger partial charge is 0.233 e. The van der Waals surface area contributed by atoms with Crippen molar-refractivity contribution in [3.63, 3.8) is 0 Å². The number of thioether (sulfide) groups is 1. The number of hydrogen-bond donors (Lipinski definition) is 0. The van der Waals surface area contributed by atoms with E-state index in [0.29, 0.717) is 13.0 Å². The normalized spacial score (nSPS) is 18.3. The summed E-state index contributed by atoms with van der Waals surface area (Å²) in [7, 11) is -1.08. The highest BCUT2D eigenvalue weighted by molar-refractivity contribution is 9.10. The molecule has 9 heteroatoms. The Labute approximate surface area is 178 Å². The van der Waals surface area contributed by atoms with Gasteiger partial charge in [0.25, 0.3) is 0 Å². The summed E-state index contributed by atoms with van der Waals surface area (Å²) in [5.74, 6) is 0.483. The maximum Gasteiger partial charge on any atom is 0.233 e. The van der Waals surface area contributed by atoms with E-state index in [0.717, 1.165) is 27.3 Å². The van der Waals surface area contributed by atoms with Crippen LogP contribution in [-0.4, -0.2) is 58.6 Å². The highest BCUT2D eigenvalue weighted by Gasteiger charge is 2.34. The lowest BCUT2D eigenvalue weighted by molar-refractivity contribution is -0.130. The summed E-state index contributed by atoms with van der Waals surface area (Å²) in [6, 6.07) is 7.81. The van der Waals surface area contributed by atoms with Crippen molar-refractivity contribution in [2.24, 2.45) is 7.05 Å². The number of halogens is 1. The van der Waals surface area contributed by atoms with Gasteiger partial charge < -0.3 is 9.47 Å². The van der Waals surface area contributed by atoms with Crippen LogP contribution in [0.15, 0.2) is 40.1 Å². The van der Waals surface area contributed by atoms with Crippen LogP contribution in [0.4, 0.5) is 0 Å². The summed E-state index contributed by atoms with van der Waals surface area (Å²) in [4.78, 5) is 19.0. The molecule has 1 fully saturated rings. The van der Waals surface area contributed by atoms with Crippen LogP contribution in [0, 0.1) is 0 Å². The van der Waals surface area contributed by atoms with Crippen LogP contribution in [0.25, 0.3) is 11.3 Å². The van der Waals surface area contributed by atoms with Gasteiger partial charge in [0.2, 0.25) is 5.91 Å². The maximum absolute atomic E-state index is 12.8. The maximum atomic E-state index is 12.8. The Balaban J connectivity index is 1.67. The molecular formula is C19H24BrN3O3S2. The monoisotopic (exact) mass is 485 g/mol. The first kappa shape index (κ1) is 21.4. The van der Waals surface area contributed by atoms with Crippen LogP contribution in [0.5, 0.6) is 0 Å². The molecule has 28 heavy (non-hydrogen) atoms. The van der Waals surface area contributed by atoms with Gasteiger partial charge in [-0.25, -0.2) is 13.4 Å². The van der Waals surface area contributed by atoms with Gasteiger partial charge in [-0.3, -0.25) is 4.79 Å². The van der Waals surface area contributed by atoms with Crippen molar-refractivity contribution < 1.29 is 13.2 Å². The van der Waals surface area contributed by atoms with Crippen LogP contribution in [0.1, 0.15) is 19.8 Å². The standard InChI is InChI=1S/C19H24BrN3O3S2/c1-3-9-23(16-8-10-28(25,26)13-16)18(24)12-27-19-21-11-17(22(19)2)14-4-6-15(20)7-5-14/h4-7,11,16H,3,8-10,12-13H2,1-2H3/t16-/m0/s1. The van der Waals surface area contributed by atoms with Gasteiger partial charge in [-0.05, 0) is 30.5 Å². The van der Waals surface area contributed by atoms with E-state index in [1.807, 2.05) is 49.0 Å². The molecule has 1 amide bonds. The molecule has 2 aromatic rings. The van der Waals surface area contributed by atoms with Gasteiger partial charge in [0.1, 0.15) is 0 Å². The third-order valence-corrected chi connectivity index (χ3v) is 8.15. The Morgan fingerprint density at radius 3 is 2.68 bits per heavy atom. The van der Waals surface area contributed by atoms with E-state index in [-0.39, 0.29) is 29.2 Å². The molecule has 1 aromatic carbocycles. The third kappa shape index (κ3) is 4.99. The predicted octanol–water partition coefficient (Wildman–Crippen LogP) is 3.37. The lowest BCUT2D eigenvalue weighted by Gasteiger charge is -2.27. The largest absolute Gasteiger partial charge is 0.338 e. The number of rotatable bonds is 7. The molecule has 2 heterocycles. The molecule has 3 rings (SSSR count). The van der Waals surface area contributed by atoms with E-state index < -0.39 is 9.84 Å². The Kier molecular flexibility index (Phi) is 6.88. The zero-order valence-corrected chi connectivity index (χ0v) is 19.2. The van der Waals surface area contributed by atoms with Gasteiger partial charge in [0.15, 0.2) is 15.0 Å². The van der Waals surface area contributed by atoms with Crippen LogP contribution >= 0.6 is 27.7 Å². The number of carbonyl (C=O) groups excluding carboxylic acids is 1. The molecule has 1 aromatic heterocycles. The molecule has 0 radical (unpaired) electrons. The lowest BCUT2D eigenvalue weighted by Crippen LogP contribution is -2.42. The highest BCUT2D eigenvalue weighted by atomic mass is 79.9. The minimum absolute atomic E-state index is 0.0258. The molecular weight excluding hydrogens is 462 g/mol. The lowest BCUT2D eigenvalue weighted by atomic mass is 10.2. The minimum Gasteiger partial charge on any atom is -0.338 e. The molecule has 6 nitrogen and oxygen atoms in total. The van der Waals surface area contributed by atoms with Crippen molar-refractivity contribution in [3.05, 3.63) is 34.9 Å². The fourth-order valence-corrected chi connectivity index (χ4v) is 6.23. The summed E-state index contributed by atoms with van der Waals surface area (Å²) in [5.41, 5.74) is 2.04. The molecule has 0 saturated carbocycles.